The van der Waals surface area contributed by atoms with E-state index in [1.807, 2.05) is 19.1 Å². The molecule has 6 heteroatoms. The second-order valence-electron chi connectivity index (χ2n) is 7.33. The van der Waals surface area contributed by atoms with Gasteiger partial charge in [-0.05, 0) is 18.6 Å². The van der Waals surface area contributed by atoms with Crippen LogP contribution in [0.5, 0.6) is 0 Å². The van der Waals surface area contributed by atoms with E-state index in [-0.39, 0.29) is 29.6 Å². The molecule has 6 nitrogen and oxygen atoms in total. The minimum atomic E-state index is -0.297. The Morgan fingerprint density at radius 3 is 2.92 bits per heavy atom. The highest BCUT2D eigenvalue weighted by Crippen LogP contribution is 2.52. The predicted octanol–water partition coefficient (Wildman–Crippen LogP) is 2.64. The SMILES string of the molecule is CCc1ccc(C(COC)NC(=O)NC2C3CCOC3C2(C)C)o1. The van der Waals surface area contributed by atoms with Crippen LogP contribution in [-0.4, -0.2) is 38.5 Å². The highest BCUT2D eigenvalue weighted by molar-refractivity contribution is 5.75. The molecule has 4 unspecified atom stereocenters. The Kier molecular flexibility index (Phi) is 4.88. The Morgan fingerprint density at radius 2 is 2.25 bits per heavy atom. The number of rotatable bonds is 6. The number of methoxy groups -OCH3 is 1. The molecule has 2 aliphatic rings. The summed E-state index contributed by atoms with van der Waals surface area (Å²) in [5.74, 6) is 2.04. The maximum Gasteiger partial charge on any atom is 0.315 e. The number of carbonyl (C=O) groups is 1. The quantitative estimate of drug-likeness (QED) is 0.838. The van der Waals surface area contributed by atoms with Crippen molar-refractivity contribution in [3.8, 4) is 0 Å². The van der Waals surface area contributed by atoms with Crippen molar-refractivity contribution in [1.82, 2.24) is 10.6 Å². The molecule has 2 fully saturated rings. The molecular weight excluding hydrogens is 308 g/mol. The minimum Gasteiger partial charge on any atom is -0.464 e. The first-order valence-electron chi connectivity index (χ1n) is 8.73. The average molecular weight is 336 g/mol. The molecule has 0 aromatic carbocycles. The third-order valence-electron chi connectivity index (χ3n) is 5.40. The molecule has 1 aromatic rings. The lowest BCUT2D eigenvalue weighted by molar-refractivity contribution is -0.108. The zero-order valence-corrected chi connectivity index (χ0v) is 14.9. The first-order chi connectivity index (χ1) is 11.5. The summed E-state index contributed by atoms with van der Waals surface area (Å²) in [4.78, 5) is 12.5. The van der Waals surface area contributed by atoms with Gasteiger partial charge in [-0.1, -0.05) is 20.8 Å². The summed E-state index contributed by atoms with van der Waals surface area (Å²) in [5, 5.41) is 6.11. The number of fused-ring (bicyclic) bond motifs is 1. The number of amides is 2. The van der Waals surface area contributed by atoms with Crippen molar-refractivity contribution in [3.63, 3.8) is 0 Å². The van der Waals surface area contributed by atoms with Crippen molar-refractivity contribution in [2.24, 2.45) is 11.3 Å². The van der Waals surface area contributed by atoms with Crippen molar-refractivity contribution < 1.29 is 18.7 Å². The second kappa shape index (κ2) is 6.76. The Balaban J connectivity index is 1.61. The maximum absolute atomic E-state index is 12.5. The van der Waals surface area contributed by atoms with Crippen LogP contribution in [0.25, 0.3) is 0 Å². The topological polar surface area (TPSA) is 72.7 Å². The van der Waals surface area contributed by atoms with Gasteiger partial charge in [0.25, 0.3) is 0 Å². The van der Waals surface area contributed by atoms with Gasteiger partial charge >= 0.3 is 6.03 Å². The van der Waals surface area contributed by atoms with E-state index in [4.69, 9.17) is 13.9 Å². The molecule has 2 heterocycles. The van der Waals surface area contributed by atoms with Gasteiger partial charge in [0, 0.05) is 37.5 Å². The first kappa shape index (κ1) is 17.3. The fourth-order valence-corrected chi connectivity index (χ4v) is 4.09. The van der Waals surface area contributed by atoms with Crippen molar-refractivity contribution in [3.05, 3.63) is 23.7 Å². The van der Waals surface area contributed by atoms with Gasteiger partial charge in [0.2, 0.25) is 0 Å². The highest BCUT2D eigenvalue weighted by atomic mass is 16.5. The second-order valence-corrected chi connectivity index (χ2v) is 7.33. The molecule has 2 amide bonds. The molecule has 1 aliphatic heterocycles. The third kappa shape index (κ3) is 3.05. The molecule has 0 radical (unpaired) electrons. The van der Waals surface area contributed by atoms with E-state index in [2.05, 4.69) is 24.5 Å². The van der Waals surface area contributed by atoms with Gasteiger partial charge in [-0.2, -0.15) is 0 Å². The van der Waals surface area contributed by atoms with Gasteiger partial charge in [-0.15, -0.1) is 0 Å². The molecule has 3 rings (SSSR count). The molecule has 134 valence electrons. The number of ether oxygens (including phenoxy) is 2. The zero-order chi connectivity index (χ0) is 17.3. The largest absolute Gasteiger partial charge is 0.464 e. The van der Waals surface area contributed by atoms with Crippen LogP contribution in [0.4, 0.5) is 4.79 Å². The van der Waals surface area contributed by atoms with Gasteiger partial charge in [0.15, 0.2) is 0 Å². The lowest BCUT2D eigenvalue weighted by atomic mass is 9.57. The highest BCUT2D eigenvalue weighted by Gasteiger charge is 2.59. The van der Waals surface area contributed by atoms with Crippen LogP contribution in [0.2, 0.25) is 0 Å². The molecule has 0 bridgehead atoms. The van der Waals surface area contributed by atoms with Crippen molar-refractivity contribution in [1.29, 1.82) is 0 Å². The molecule has 0 spiro atoms. The Morgan fingerprint density at radius 1 is 1.46 bits per heavy atom. The smallest absolute Gasteiger partial charge is 0.315 e. The van der Waals surface area contributed by atoms with Crippen LogP contribution in [0, 0.1) is 11.3 Å². The fourth-order valence-electron chi connectivity index (χ4n) is 4.09. The van der Waals surface area contributed by atoms with Crippen LogP contribution >= 0.6 is 0 Å². The summed E-state index contributed by atoms with van der Waals surface area (Å²) in [5.41, 5.74) is -0.0324. The van der Waals surface area contributed by atoms with Crippen molar-refractivity contribution in [2.75, 3.05) is 20.3 Å². The number of nitrogens with one attached hydrogen (secondary N) is 2. The van der Waals surface area contributed by atoms with Crippen LogP contribution < -0.4 is 10.6 Å². The number of urea groups is 1. The van der Waals surface area contributed by atoms with E-state index in [9.17, 15) is 4.79 Å². The monoisotopic (exact) mass is 336 g/mol. The van der Waals surface area contributed by atoms with Gasteiger partial charge in [0.05, 0.1) is 12.7 Å². The van der Waals surface area contributed by atoms with E-state index in [1.165, 1.54) is 0 Å². The van der Waals surface area contributed by atoms with Crippen LogP contribution in [0.1, 0.15) is 44.8 Å². The summed E-state index contributed by atoms with van der Waals surface area (Å²) in [6, 6.07) is 3.49. The van der Waals surface area contributed by atoms with Crippen LogP contribution in [-0.2, 0) is 15.9 Å². The summed E-state index contributed by atoms with van der Waals surface area (Å²) >= 11 is 0. The normalized spacial score (nSPS) is 28.8. The predicted molar refractivity (Wildman–Crippen MR) is 89.8 cm³/mol. The summed E-state index contributed by atoms with van der Waals surface area (Å²) < 4.78 is 16.8. The molecule has 1 saturated carbocycles. The van der Waals surface area contributed by atoms with Crippen LogP contribution in [0.15, 0.2) is 16.5 Å². The van der Waals surface area contributed by atoms with E-state index in [0.717, 1.165) is 31.0 Å². The fraction of sp³-hybridized carbons (Fsp3) is 0.722. The van der Waals surface area contributed by atoms with Crippen LogP contribution in [0.3, 0.4) is 0 Å². The Labute approximate surface area is 143 Å². The molecule has 2 N–H and O–H groups in total. The standard InChI is InChI=1S/C18H28N2O4/c1-5-11-6-7-14(24-11)13(10-22-4)19-17(21)20-15-12-8-9-23-16(12)18(15,2)3/h6-7,12-13,15-16H,5,8-10H2,1-4H3,(H2,19,20,21). The molecule has 1 aliphatic carbocycles. The van der Waals surface area contributed by atoms with Gasteiger partial charge in [-0.3, -0.25) is 0 Å². The zero-order valence-electron chi connectivity index (χ0n) is 14.9. The van der Waals surface area contributed by atoms with E-state index in [0.29, 0.717) is 12.5 Å². The molecular formula is C18H28N2O4. The van der Waals surface area contributed by atoms with E-state index in [1.54, 1.807) is 7.11 Å². The Bertz CT molecular complexity index is 583. The maximum atomic E-state index is 12.5. The minimum absolute atomic E-state index is 0.0324. The number of hydrogen-bond donors (Lipinski definition) is 2. The number of furan rings is 1. The third-order valence-corrected chi connectivity index (χ3v) is 5.40. The van der Waals surface area contributed by atoms with E-state index >= 15 is 0 Å². The Hall–Kier alpha value is -1.53. The lowest BCUT2D eigenvalue weighted by Gasteiger charge is -2.54. The lowest BCUT2D eigenvalue weighted by Crippen LogP contribution is -2.67. The number of aryl methyl sites for hydroxylation is 1. The number of carbonyl (C=O) groups excluding carboxylic acids is 1. The van der Waals surface area contributed by atoms with Gasteiger partial charge in [-0.25, -0.2) is 4.79 Å². The first-order valence-corrected chi connectivity index (χ1v) is 8.73. The van der Waals surface area contributed by atoms with Gasteiger partial charge in [0.1, 0.15) is 17.6 Å². The van der Waals surface area contributed by atoms with Crippen molar-refractivity contribution in [2.45, 2.75) is 51.8 Å². The molecule has 24 heavy (non-hydrogen) atoms. The average Bonchev–Trinajstić information content (AvgIpc) is 3.20. The molecule has 1 aromatic heterocycles. The van der Waals surface area contributed by atoms with Crippen molar-refractivity contribution >= 4 is 6.03 Å². The summed E-state index contributed by atoms with van der Waals surface area (Å²) in [7, 11) is 1.62. The van der Waals surface area contributed by atoms with Gasteiger partial charge < -0.3 is 24.5 Å². The summed E-state index contributed by atoms with van der Waals surface area (Å²) in [6.45, 7) is 7.49. The molecule has 4 atom stereocenters. The summed E-state index contributed by atoms with van der Waals surface area (Å²) in [6.07, 6.45) is 2.10. The van der Waals surface area contributed by atoms with E-state index < -0.39 is 0 Å². The number of hydrogen-bond acceptors (Lipinski definition) is 4. The molecule has 1 saturated heterocycles.